The summed E-state index contributed by atoms with van der Waals surface area (Å²) in [7, 11) is 0. The smallest absolute Gasteiger partial charge is 0.163 e. The van der Waals surface area contributed by atoms with E-state index in [9.17, 15) is 4.79 Å². The molecule has 0 fully saturated rings. The number of fused-ring (bicyclic) bond motifs is 1. The highest BCUT2D eigenvalue weighted by molar-refractivity contribution is 5.98. The summed E-state index contributed by atoms with van der Waals surface area (Å²) in [6.07, 6.45) is 3.53. The normalized spacial score (nSPS) is 13.9. The van der Waals surface area contributed by atoms with Crippen molar-refractivity contribution in [2.45, 2.75) is 25.7 Å². The van der Waals surface area contributed by atoms with Crippen LogP contribution in [0.15, 0.2) is 48.5 Å². The molecule has 0 amide bonds. The summed E-state index contributed by atoms with van der Waals surface area (Å²) >= 11 is 0. The third-order valence-corrected chi connectivity index (χ3v) is 3.73. The lowest BCUT2D eigenvalue weighted by Crippen LogP contribution is -2.11. The van der Waals surface area contributed by atoms with Crippen LogP contribution in [0.2, 0.25) is 0 Å². The molecule has 0 N–H and O–H groups in total. The van der Waals surface area contributed by atoms with Gasteiger partial charge in [0.25, 0.3) is 0 Å². The minimum Gasteiger partial charge on any atom is -0.493 e. The Labute approximate surface area is 119 Å². The average Bonchev–Trinajstić information content (AvgIpc) is 2.49. The van der Waals surface area contributed by atoms with Crippen molar-refractivity contribution >= 4 is 5.78 Å². The molecule has 0 spiro atoms. The second kappa shape index (κ2) is 5.91. The molecule has 2 heteroatoms. The van der Waals surface area contributed by atoms with Crippen LogP contribution in [0.25, 0.3) is 0 Å². The van der Waals surface area contributed by atoms with Gasteiger partial charge in [-0.05, 0) is 36.1 Å². The van der Waals surface area contributed by atoms with Crippen molar-refractivity contribution < 1.29 is 9.53 Å². The number of hydrogen-bond donors (Lipinski definition) is 0. The van der Waals surface area contributed by atoms with Crippen molar-refractivity contribution in [1.29, 1.82) is 0 Å². The van der Waals surface area contributed by atoms with Gasteiger partial charge in [-0.2, -0.15) is 0 Å². The molecule has 3 rings (SSSR count). The summed E-state index contributed by atoms with van der Waals surface area (Å²) in [6, 6.07) is 16.2. The molecule has 2 nitrogen and oxygen atoms in total. The zero-order valence-corrected chi connectivity index (χ0v) is 11.5. The fourth-order valence-electron chi connectivity index (χ4n) is 2.63. The third-order valence-electron chi connectivity index (χ3n) is 3.73. The first-order chi connectivity index (χ1) is 9.83. The van der Waals surface area contributed by atoms with Crippen LogP contribution in [-0.2, 0) is 12.8 Å². The molecule has 0 saturated carbocycles. The second-order valence-electron chi connectivity index (χ2n) is 5.18. The van der Waals surface area contributed by atoms with Crippen LogP contribution in [0, 0.1) is 0 Å². The highest BCUT2D eigenvalue weighted by atomic mass is 16.5. The number of hydrogen-bond acceptors (Lipinski definition) is 2. The van der Waals surface area contributed by atoms with Crippen LogP contribution in [0.4, 0.5) is 0 Å². The molecule has 2 aromatic rings. The Hall–Kier alpha value is -2.09. The van der Waals surface area contributed by atoms with E-state index in [-0.39, 0.29) is 5.78 Å². The highest BCUT2D eigenvalue weighted by Gasteiger charge is 2.17. The largest absolute Gasteiger partial charge is 0.493 e. The maximum absolute atomic E-state index is 11.9. The van der Waals surface area contributed by atoms with Gasteiger partial charge in [0.1, 0.15) is 5.75 Å². The summed E-state index contributed by atoms with van der Waals surface area (Å²) in [5.74, 6) is 1.05. The van der Waals surface area contributed by atoms with Gasteiger partial charge in [-0.3, -0.25) is 4.79 Å². The summed E-state index contributed by atoms with van der Waals surface area (Å²) in [4.78, 5) is 11.9. The number of rotatable bonds is 4. The quantitative estimate of drug-likeness (QED) is 0.840. The number of carbonyl (C=O) groups excluding carboxylic acids is 1. The number of ketones is 1. The highest BCUT2D eigenvalue weighted by Crippen LogP contribution is 2.25. The topological polar surface area (TPSA) is 26.3 Å². The molecule has 0 saturated heterocycles. The molecule has 0 atom stereocenters. The van der Waals surface area contributed by atoms with E-state index in [0.717, 1.165) is 36.1 Å². The molecular formula is C18H18O2. The number of aryl methyl sites for hydroxylation is 1. The Morgan fingerprint density at radius 1 is 1.00 bits per heavy atom. The summed E-state index contributed by atoms with van der Waals surface area (Å²) in [5.41, 5.74) is 3.28. The fourth-order valence-corrected chi connectivity index (χ4v) is 2.63. The first-order valence-corrected chi connectivity index (χ1v) is 7.16. The van der Waals surface area contributed by atoms with Gasteiger partial charge in [-0.15, -0.1) is 0 Å². The Bertz CT molecular complexity index is 602. The third kappa shape index (κ3) is 2.90. The van der Waals surface area contributed by atoms with Crippen molar-refractivity contribution in [3.63, 3.8) is 0 Å². The monoisotopic (exact) mass is 266 g/mol. The van der Waals surface area contributed by atoms with Crippen LogP contribution in [-0.4, -0.2) is 12.4 Å². The second-order valence-corrected chi connectivity index (χ2v) is 5.18. The Morgan fingerprint density at radius 2 is 1.85 bits per heavy atom. The van der Waals surface area contributed by atoms with E-state index in [0.29, 0.717) is 13.0 Å². The van der Waals surface area contributed by atoms with Gasteiger partial charge in [-0.1, -0.05) is 36.4 Å². The number of benzene rings is 2. The molecule has 20 heavy (non-hydrogen) atoms. The van der Waals surface area contributed by atoms with E-state index in [1.165, 1.54) is 5.56 Å². The Morgan fingerprint density at radius 3 is 2.70 bits per heavy atom. The van der Waals surface area contributed by atoms with Crippen molar-refractivity contribution in [3.8, 4) is 5.75 Å². The molecule has 0 unspecified atom stereocenters. The lowest BCUT2D eigenvalue weighted by molar-refractivity contribution is 0.0972. The van der Waals surface area contributed by atoms with Gasteiger partial charge in [0, 0.05) is 18.4 Å². The van der Waals surface area contributed by atoms with Crippen LogP contribution >= 0.6 is 0 Å². The molecule has 0 aromatic heterocycles. The van der Waals surface area contributed by atoms with Gasteiger partial charge >= 0.3 is 0 Å². The predicted molar refractivity (Wildman–Crippen MR) is 79.4 cm³/mol. The minimum absolute atomic E-state index is 0.250. The Kier molecular flexibility index (Phi) is 3.82. The summed E-state index contributed by atoms with van der Waals surface area (Å²) < 4.78 is 5.77. The van der Waals surface area contributed by atoms with Crippen LogP contribution in [0.5, 0.6) is 5.75 Å². The molecule has 102 valence electrons. The average molecular weight is 266 g/mol. The molecule has 0 radical (unpaired) electrons. The van der Waals surface area contributed by atoms with Crippen LogP contribution in [0.1, 0.15) is 34.3 Å². The van der Waals surface area contributed by atoms with Gasteiger partial charge < -0.3 is 4.74 Å². The van der Waals surface area contributed by atoms with E-state index < -0.39 is 0 Å². The maximum atomic E-state index is 11.9. The van der Waals surface area contributed by atoms with E-state index in [4.69, 9.17) is 4.74 Å². The number of Topliss-reactive ketones (excluding diaryl/α,β-unsaturated/α-hetero) is 1. The molecular weight excluding hydrogens is 248 g/mol. The zero-order valence-electron chi connectivity index (χ0n) is 11.5. The molecule has 0 bridgehead atoms. The molecule has 2 aromatic carbocycles. The predicted octanol–water partition coefficient (Wildman–Crippen LogP) is 3.83. The standard InChI is InChI=1S/C18H18O2/c19-18-8-4-7-15-9-10-16(13-17(15)18)20-12-11-14-5-2-1-3-6-14/h1-3,5-6,9-10,13H,4,7-8,11-12H2. The van der Waals surface area contributed by atoms with Gasteiger partial charge in [0.2, 0.25) is 0 Å². The first kappa shape index (κ1) is 12.9. The van der Waals surface area contributed by atoms with Crippen LogP contribution < -0.4 is 4.74 Å². The lowest BCUT2D eigenvalue weighted by Gasteiger charge is -2.16. The molecule has 1 aliphatic carbocycles. The van der Waals surface area contributed by atoms with Gasteiger partial charge in [0.05, 0.1) is 6.61 Å². The van der Waals surface area contributed by atoms with Crippen molar-refractivity contribution in [2.24, 2.45) is 0 Å². The van der Waals surface area contributed by atoms with Crippen LogP contribution in [0.3, 0.4) is 0 Å². The van der Waals surface area contributed by atoms with E-state index in [1.807, 2.05) is 36.4 Å². The van der Waals surface area contributed by atoms with E-state index >= 15 is 0 Å². The summed E-state index contributed by atoms with van der Waals surface area (Å²) in [6.45, 7) is 0.636. The minimum atomic E-state index is 0.250. The van der Waals surface area contributed by atoms with Crippen molar-refractivity contribution in [2.75, 3.05) is 6.61 Å². The van der Waals surface area contributed by atoms with Gasteiger partial charge in [-0.25, -0.2) is 0 Å². The Balaban J connectivity index is 1.63. The molecule has 1 aliphatic rings. The van der Waals surface area contributed by atoms with Crippen molar-refractivity contribution in [1.82, 2.24) is 0 Å². The number of carbonyl (C=O) groups is 1. The maximum Gasteiger partial charge on any atom is 0.163 e. The SMILES string of the molecule is O=C1CCCc2ccc(OCCc3ccccc3)cc21. The van der Waals surface area contributed by atoms with Crippen molar-refractivity contribution in [3.05, 3.63) is 65.2 Å². The fraction of sp³-hybridized carbons (Fsp3) is 0.278. The van der Waals surface area contributed by atoms with E-state index in [1.54, 1.807) is 0 Å². The number of ether oxygens (including phenoxy) is 1. The van der Waals surface area contributed by atoms with Gasteiger partial charge in [0.15, 0.2) is 5.78 Å². The molecule has 0 heterocycles. The van der Waals surface area contributed by atoms with E-state index in [2.05, 4.69) is 12.1 Å². The molecule has 0 aliphatic heterocycles. The lowest BCUT2D eigenvalue weighted by atomic mass is 9.90. The zero-order chi connectivity index (χ0) is 13.8. The first-order valence-electron chi connectivity index (χ1n) is 7.16. The summed E-state index contributed by atoms with van der Waals surface area (Å²) in [5, 5.41) is 0.